The van der Waals surface area contributed by atoms with Crippen molar-refractivity contribution in [2.75, 3.05) is 18.0 Å². The molecule has 1 aromatic carbocycles. The minimum absolute atomic E-state index is 0.0374. The number of nitrogens with one attached hydrogen (secondary N) is 2. The van der Waals surface area contributed by atoms with Crippen molar-refractivity contribution < 1.29 is 9.53 Å². The van der Waals surface area contributed by atoms with E-state index in [2.05, 4.69) is 27.1 Å². The predicted molar refractivity (Wildman–Crippen MR) is 161 cm³/mol. The lowest BCUT2D eigenvalue weighted by atomic mass is 10.1. The molecule has 1 aliphatic heterocycles. The highest BCUT2D eigenvalue weighted by molar-refractivity contribution is 5.84. The third-order valence-electron chi connectivity index (χ3n) is 7.21. The Bertz CT molecular complexity index is 1910. The topological polar surface area (TPSA) is 136 Å². The Morgan fingerprint density at radius 2 is 1.88 bits per heavy atom. The van der Waals surface area contributed by atoms with Crippen molar-refractivity contribution in [3.63, 3.8) is 0 Å². The minimum atomic E-state index is -0.613. The van der Waals surface area contributed by atoms with E-state index in [4.69, 9.17) is 4.74 Å². The van der Waals surface area contributed by atoms with Gasteiger partial charge in [0.1, 0.15) is 5.60 Å². The Balaban J connectivity index is 1.55. The molecule has 1 saturated heterocycles. The van der Waals surface area contributed by atoms with Crippen LogP contribution in [0.5, 0.6) is 0 Å². The molecule has 42 heavy (non-hydrogen) atoms. The van der Waals surface area contributed by atoms with Gasteiger partial charge in [0.05, 0.1) is 13.1 Å². The Morgan fingerprint density at radius 1 is 1.14 bits per heavy atom. The summed E-state index contributed by atoms with van der Waals surface area (Å²) in [6, 6.07) is 6.94. The molecule has 0 aliphatic carbocycles. The molecule has 1 aliphatic rings. The third kappa shape index (κ3) is 5.68. The molecule has 4 heterocycles. The highest BCUT2D eigenvalue weighted by Crippen LogP contribution is 2.23. The van der Waals surface area contributed by atoms with Gasteiger partial charge in [-0.2, -0.15) is 4.98 Å². The Morgan fingerprint density at radius 3 is 2.60 bits per heavy atom. The number of piperidine rings is 1. The highest BCUT2D eigenvalue weighted by atomic mass is 16.6. The number of imidazole rings is 1. The number of aryl methyl sites for hydroxylation is 1. The molecule has 3 aromatic heterocycles. The van der Waals surface area contributed by atoms with Gasteiger partial charge in [-0.05, 0) is 57.6 Å². The van der Waals surface area contributed by atoms with Crippen LogP contribution in [0.15, 0.2) is 44.8 Å². The summed E-state index contributed by atoms with van der Waals surface area (Å²) < 4.78 is 9.72. The maximum absolute atomic E-state index is 13.9. The van der Waals surface area contributed by atoms with Gasteiger partial charge in [0.2, 0.25) is 5.95 Å². The minimum Gasteiger partial charge on any atom is -0.444 e. The lowest BCUT2D eigenvalue weighted by Crippen LogP contribution is -2.49. The average molecular weight is 574 g/mol. The van der Waals surface area contributed by atoms with Gasteiger partial charge in [-0.25, -0.2) is 9.59 Å². The number of aromatic amines is 1. The van der Waals surface area contributed by atoms with Crippen molar-refractivity contribution in [2.45, 2.75) is 65.3 Å². The molecular weight excluding hydrogens is 538 g/mol. The Hall–Kier alpha value is -4.79. The summed E-state index contributed by atoms with van der Waals surface area (Å²) in [5, 5.41) is 4.12. The van der Waals surface area contributed by atoms with Gasteiger partial charge in [0.15, 0.2) is 11.2 Å². The molecule has 4 aromatic rings. The van der Waals surface area contributed by atoms with E-state index >= 15 is 0 Å². The number of pyridine rings is 1. The molecule has 5 rings (SSSR count). The lowest BCUT2D eigenvalue weighted by molar-refractivity contribution is 0.0499. The number of anilines is 1. The molecule has 1 fully saturated rings. The third-order valence-corrected chi connectivity index (χ3v) is 7.21. The van der Waals surface area contributed by atoms with Crippen LogP contribution in [-0.2, 0) is 24.9 Å². The number of nitrogens with zero attached hydrogens (tertiary/aromatic N) is 5. The number of hydrogen-bond donors (Lipinski definition) is 2. The molecule has 0 radical (unpaired) electrons. The van der Waals surface area contributed by atoms with Crippen LogP contribution in [-0.4, -0.2) is 54.5 Å². The summed E-state index contributed by atoms with van der Waals surface area (Å²) in [6.07, 6.45) is 2.71. The summed E-state index contributed by atoms with van der Waals surface area (Å²) in [5.74, 6) is 6.38. The van der Waals surface area contributed by atoms with E-state index in [1.165, 1.54) is 4.57 Å². The first kappa shape index (κ1) is 28.7. The van der Waals surface area contributed by atoms with Gasteiger partial charge < -0.3 is 19.5 Å². The van der Waals surface area contributed by atoms with E-state index in [1.54, 1.807) is 42.9 Å². The van der Waals surface area contributed by atoms with Crippen molar-refractivity contribution in [3.8, 4) is 11.8 Å². The second-order valence-electron chi connectivity index (χ2n) is 11.5. The molecule has 220 valence electrons. The summed E-state index contributed by atoms with van der Waals surface area (Å²) >= 11 is 0. The largest absolute Gasteiger partial charge is 0.444 e. The fourth-order valence-corrected chi connectivity index (χ4v) is 5.38. The normalized spacial score (nSPS) is 15.5. The summed E-state index contributed by atoms with van der Waals surface area (Å²) in [7, 11) is 1.64. The first-order valence-corrected chi connectivity index (χ1v) is 13.9. The fourth-order valence-electron chi connectivity index (χ4n) is 5.38. The predicted octanol–water partition coefficient (Wildman–Crippen LogP) is 2.30. The number of benzene rings is 1. The number of aromatic nitrogens is 5. The molecular formula is C30H35N7O5. The van der Waals surface area contributed by atoms with Crippen molar-refractivity contribution in [3.05, 3.63) is 67.2 Å². The summed E-state index contributed by atoms with van der Waals surface area (Å²) in [4.78, 5) is 61.7. The van der Waals surface area contributed by atoms with Gasteiger partial charge >= 0.3 is 11.8 Å². The number of rotatable bonds is 5. The van der Waals surface area contributed by atoms with Crippen LogP contribution < -0.4 is 27.0 Å². The number of carbonyl (C=O) groups excluding carboxylic acids is 1. The van der Waals surface area contributed by atoms with E-state index in [0.717, 1.165) is 17.4 Å². The summed E-state index contributed by atoms with van der Waals surface area (Å²) in [6.45, 7) is 8.40. The van der Waals surface area contributed by atoms with Gasteiger partial charge in [-0.3, -0.25) is 23.7 Å². The second kappa shape index (κ2) is 11.2. The Labute approximate surface area is 241 Å². The van der Waals surface area contributed by atoms with E-state index in [9.17, 15) is 19.2 Å². The number of hydrogen-bond acceptors (Lipinski definition) is 7. The Kier molecular flexibility index (Phi) is 7.69. The first-order valence-electron chi connectivity index (χ1n) is 13.9. The van der Waals surface area contributed by atoms with E-state index in [1.807, 2.05) is 31.7 Å². The number of carbonyl (C=O) groups is 1. The van der Waals surface area contributed by atoms with E-state index < -0.39 is 22.9 Å². The molecule has 1 unspecified atom stereocenters. The smallest absolute Gasteiger partial charge is 0.407 e. The van der Waals surface area contributed by atoms with Gasteiger partial charge in [-0.15, -0.1) is 5.92 Å². The quantitative estimate of drug-likeness (QED) is 0.350. The van der Waals surface area contributed by atoms with Crippen LogP contribution in [0.2, 0.25) is 0 Å². The highest BCUT2D eigenvalue weighted by Gasteiger charge is 2.28. The van der Waals surface area contributed by atoms with Crippen molar-refractivity contribution in [1.29, 1.82) is 0 Å². The first-order chi connectivity index (χ1) is 20.0. The van der Waals surface area contributed by atoms with Crippen LogP contribution in [0.4, 0.5) is 10.7 Å². The van der Waals surface area contributed by atoms with Gasteiger partial charge in [0.25, 0.3) is 11.1 Å². The zero-order valence-electron chi connectivity index (χ0n) is 24.5. The molecule has 12 nitrogen and oxygen atoms in total. The van der Waals surface area contributed by atoms with Crippen molar-refractivity contribution >= 4 is 34.0 Å². The van der Waals surface area contributed by atoms with Crippen LogP contribution in [0.25, 0.3) is 21.9 Å². The zero-order chi connectivity index (χ0) is 30.2. The average Bonchev–Trinajstić information content (AvgIpc) is 3.29. The molecule has 1 atom stereocenters. The molecule has 12 heteroatoms. The van der Waals surface area contributed by atoms with Crippen LogP contribution in [0.1, 0.15) is 46.1 Å². The molecule has 2 N–H and O–H groups in total. The van der Waals surface area contributed by atoms with Gasteiger partial charge in [-0.1, -0.05) is 24.1 Å². The monoisotopic (exact) mass is 573 g/mol. The number of ether oxygens (including phenoxy) is 1. The number of H-pyrrole nitrogens is 1. The fraction of sp³-hybridized carbons (Fsp3) is 0.433. The maximum Gasteiger partial charge on any atom is 0.407 e. The molecule has 0 bridgehead atoms. The zero-order valence-corrected chi connectivity index (χ0v) is 24.5. The SMILES string of the molecule is CC#CCn1c(N2CCCC(NC(=O)OC(C)(C)C)C2)nc2[nH]c(=O)n(Cc3cn(C)c(=O)c4ccccc34)c(=O)c21. The van der Waals surface area contributed by atoms with Gasteiger partial charge in [0, 0.05) is 37.8 Å². The standard InChI is InChI=1S/C30H35N7O5/c1-6-7-15-36-23-24(32-27(36)35-14-10-11-20(18-35)31-29(41)42-30(2,3)4)33-28(40)37(26(23)39)17-19-16-34(5)25(38)22-13-9-8-12-21(19)22/h8-9,12-13,16,20H,10-11,14-15,17-18H2,1-5H3,(H,31,41)(H,33,40). The second-order valence-corrected chi connectivity index (χ2v) is 11.5. The molecule has 1 amide bonds. The number of alkyl carbamates (subject to hydrolysis) is 1. The van der Waals surface area contributed by atoms with Crippen molar-refractivity contribution in [1.82, 2.24) is 29.0 Å². The molecule has 0 spiro atoms. The number of amides is 1. The van der Waals surface area contributed by atoms with Crippen molar-refractivity contribution in [2.24, 2.45) is 7.05 Å². The van der Waals surface area contributed by atoms with Crippen LogP contribution >= 0.6 is 0 Å². The maximum atomic E-state index is 13.9. The molecule has 0 saturated carbocycles. The van der Waals surface area contributed by atoms with E-state index in [0.29, 0.717) is 35.4 Å². The van der Waals surface area contributed by atoms with Crippen LogP contribution in [0, 0.1) is 11.8 Å². The van der Waals surface area contributed by atoms with Crippen LogP contribution in [0.3, 0.4) is 0 Å². The lowest BCUT2D eigenvalue weighted by Gasteiger charge is -2.34. The van der Waals surface area contributed by atoms with E-state index in [-0.39, 0.29) is 35.9 Å². The summed E-state index contributed by atoms with van der Waals surface area (Å²) in [5.41, 5.74) is -0.836. The number of fused-ring (bicyclic) bond motifs is 2.